The summed E-state index contributed by atoms with van der Waals surface area (Å²) in [7, 11) is 1.84. The van der Waals surface area contributed by atoms with E-state index in [1.807, 2.05) is 14.0 Å². The molecule has 0 spiro atoms. The van der Waals surface area contributed by atoms with Gasteiger partial charge in [-0.3, -0.25) is 9.48 Å². The van der Waals surface area contributed by atoms with Gasteiger partial charge in [0.25, 0.3) is 0 Å². The van der Waals surface area contributed by atoms with Crippen molar-refractivity contribution < 1.29 is 4.79 Å². The van der Waals surface area contributed by atoms with Gasteiger partial charge >= 0.3 is 0 Å². The van der Waals surface area contributed by atoms with Crippen LogP contribution in [0.2, 0.25) is 5.02 Å². The summed E-state index contributed by atoms with van der Waals surface area (Å²) >= 11 is 6.26. The number of carbonyl (C=O) groups is 1. The average Bonchev–Trinajstić information content (AvgIpc) is 2.56. The molecule has 1 aliphatic rings. The van der Waals surface area contributed by atoms with Crippen LogP contribution in [-0.2, 0) is 24.7 Å². The van der Waals surface area contributed by atoms with Crippen molar-refractivity contribution in [3.63, 3.8) is 0 Å². The van der Waals surface area contributed by atoms with Gasteiger partial charge < -0.3 is 5.73 Å². The largest absolute Gasteiger partial charge is 0.329 e. The molecule has 0 amide bonds. The van der Waals surface area contributed by atoms with E-state index in [-0.39, 0.29) is 11.2 Å². The van der Waals surface area contributed by atoms with Crippen molar-refractivity contribution >= 4 is 17.4 Å². The van der Waals surface area contributed by atoms with Crippen LogP contribution in [0.4, 0.5) is 0 Å². The smallest absolute Gasteiger partial charge is 0.146 e. The Balaban J connectivity index is 2.19. The number of halogens is 1. The molecule has 0 saturated heterocycles. The number of aromatic nitrogens is 2. The zero-order chi connectivity index (χ0) is 13.3. The molecular formula is C13H20ClN3O. The monoisotopic (exact) mass is 269 g/mol. The highest BCUT2D eigenvalue weighted by molar-refractivity contribution is 6.32. The van der Waals surface area contributed by atoms with E-state index >= 15 is 0 Å². The van der Waals surface area contributed by atoms with E-state index in [4.69, 9.17) is 17.3 Å². The van der Waals surface area contributed by atoms with Gasteiger partial charge in [-0.25, -0.2) is 0 Å². The highest BCUT2D eigenvalue weighted by Crippen LogP contribution is 2.41. The Morgan fingerprint density at radius 3 is 2.61 bits per heavy atom. The molecule has 0 radical (unpaired) electrons. The van der Waals surface area contributed by atoms with Gasteiger partial charge in [0.15, 0.2) is 0 Å². The molecule has 0 atom stereocenters. The maximum absolute atomic E-state index is 12.4. The SMILES string of the molecule is CCc1nn(C)c(CC(=O)C2(CN)CCC2)c1Cl. The van der Waals surface area contributed by atoms with Crippen molar-refractivity contribution in [2.24, 2.45) is 18.2 Å². The van der Waals surface area contributed by atoms with Crippen LogP contribution >= 0.6 is 11.6 Å². The van der Waals surface area contributed by atoms with Gasteiger partial charge in [0.2, 0.25) is 0 Å². The third kappa shape index (κ3) is 2.08. The maximum Gasteiger partial charge on any atom is 0.146 e. The highest BCUT2D eigenvalue weighted by atomic mass is 35.5. The number of Topliss-reactive ketones (excluding diaryl/α,β-unsaturated/α-hetero) is 1. The summed E-state index contributed by atoms with van der Waals surface area (Å²) in [5, 5.41) is 4.97. The van der Waals surface area contributed by atoms with Gasteiger partial charge in [-0.2, -0.15) is 5.10 Å². The van der Waals surface area contributed by atoms with Crippen LogP contribution in [0.5, 0.6) is 0 Å². The van der Waals surface area contributed by atoms with Crippen molar-refractivity contribution in [3.05, 3.63) is 16.4 Å². The second-order valence-corrected chi connectivity index (χ2v) is 5.50. The normalized spacial score (nSPS) is 17.6. The minimum Gasteiger partial charge on any atom is -0.329 e. The number of rotatable bonds is 5. The summed E-state index contributed by atoms with van der Waals surface area (Å²) in [6.45, 7) is 2.45. The lowest BCUT2D eigenvalue weighted by molar-refractivity contribution is -0.132. The lowest BCUT2D eigenvalue weighted by Crippen LogP contribution is -2.45. The van der Waals surface area contributed by atoms with E-state index in [2.05, 4.69) is 5.10 Å². The Kier molecular flexibility index (Phi) is 3.78. The molecular weight excluding hydrogens is 250 g/mol. The van der Waals surface area contributed by atoms with Crippen molar-refractivity contribution in [1.29, 1.82) is 0 Å². The predicted octanol–water partition coefficient (Wildman–Crippen LogP) is 1.88. The molecule has 1 aromatic heterocycles. The van der Waals surface area contributed by atoms with Crippen LogP contribution in [0.3, 0.4) is 0 Å². The van der Waals surface area contributed by atoms with E-state index in [1.54, 1.807) is 4.68 Å². The molecule has 4 nitrogen and oxygen atoms in total. The van der Waals surface area contributed by atoms with E-state index in [0.717, 1.165) is 37.1 Å². The van der Waals surface area contributed by atoms with Crippen molar-refractivity contribution in [2.75, 3.05) is 6.54 Å². The molecule has 1 fully saturated rings. The minimum absolute atomic E-state index is 0.212. The molecule has 0 unspecified atom stereocenters. The topological polar surface area (TPSA) is 60.9 Å². The van der Waals surface area contributed by atoms with Crippen LogP contribution in [-0.4, -0.2) is 22.1 Å². The number of nitrogens with two attached hydrogens (primary N) is 1. The zero-order valence-electron chi connectivity index (χ0n) is 11.0. The highest BCUT2D eigenvalue weighted by Gasteiger charge is 2.42. The van der Waals surface area contributed by atoms with Crippen molar-refractivity contribution in [2.45, 2.75) is 39.0 Å². The Hall–Kier alpha value is -0.870. The van der Waals surface area contributed by atoms with Gasteiger partial charge in [0, 0.05) is 19.0 Å². The van der Waals surface area contributed by atoms with Gasteiger partial charge in [-0.05, 0) is 19.3 Å². The number of nitrogens with zero attached hydrogens (tertiary/aromatic N) is 2. The number of hydrogen-bond acceptors (Lipinski definition) is 3. The lowest BCUT2D eigenvalue weighted by atomic mass is 9.65. The minimum atomic E-state index is -0.292. The third-order valence-electron chi connectivity index (χ3n) is 4.12. The van der Waals surface area contributed by atoms with Gasteiger partial charge in [-0.1, -0.05) is 24.9 Å². The maximum atomic E-state index is 12.4. The fourth-order valence-electron chi connectivity index (χ4n) is 2.55. The number of carbonyl (C=O) groups excluding carboxylic acids is 1. The van der Waals surface area contributed by atoms with Crippen LogP contribution in [0.15, 0.2) is 0 Å². The molecule has 2 N–H and O–H groups in total. The first kappa shape index (κ1) is 13.6. The van der Waals surface area contributed by atoms with Gasteiger partial charge in [-0.15, -0.1) is 0 Å². The molecule has 0 aromatic carbocycles. The predicted molar refractivity (Wildman–Crippen MR) is 71.6 cm³/mol. The zero-order valence-corrected chi connectivity index (χ0v) is 11.8. The fraction of sp³-hybridized carbons (Fsp3) is 0.692. The molecule has 1 aromatic rings. The van der Waals surface area contributed by atoms with E-state index in [1.165, 1.54) is 0 Å². The Morgan fingerprint density at radius 2 is 2.22 bits per heavy atom. The molecule has 1 aliphatic carbocycles. The summed E-state index contributed by atoms with van der Waals surface area (Å²) in [5.74, 6) is 0.212. The third-order valence-corrected chi connectivity index (χ3v) is 4.56. The molecule has 5 heteroatoms. The quantitative estimate of drug-likeness (QED) is 0.888. The molecule has 1 saturated carbocycles. The average molecular weight is 270 g/mol. The molecule has 18 heavy (non-hydrogen) atoms. The Morgan fingerprint density at radius 1 is 1.56 bits per heavy atom. The van der Waals surface area contributed by atoms with Crippen LogP contribution in [0, 0.1) is 5.41 Å². The number of ketones is 1. The number of aryl methyl sites for hydroxylation is 2. The first-order valence-corrected chi connectivity index (χ1v) is 6.85. The molecule has 0 aliphatic heterocycles. The van der Waals surface area contributed by atoms with Crippen molar-refractivity contribution in [3.8, 4) is 0 Å². The fourth-order valence-corrected chi connectivity index (χ4v) is 2.91. The van der Waals surface area contributed by atoms with Crippen LogP contribution < -0.4 is 5.73 Å². The number of hydrogen-bond donors (Lipinski definition) is 1. The van der Waals surface area contributed by atoms with Gasteiger partial charge in [0.05, 0.1) is 22.8 Å². The molecule has 2 rings (SSSR count). The van der Waals surface area contributed by atoms with Crippen molar-refractivity contribution in [1.82, 2.24) is 9.78 Å². The first-order valence-electron chi connectivity index (χ1n) is 6.47. The van der Waals surface area contributed by atoms with E-state index in [0.29, 0.717) is 18.0 Å². The summed E-state index contributed by atoms with van der Waals surface area (Å²) in [6.07, 6.45) is 4.06. The molecule has 1 heterocycles. The van der Waals surface area contributed by atoms with Crippen LogP contribution in [0.25, 0.3) is 0 Å². The lowest BCUT2D eigenvalue weighted by Gasteiger charge is -2.39. The summed E-state index contributed by atoms with van der Waals surface area (Å²) in [6, 6.07) is 0. The van der Waals surface area contributed by atoms with E-state index < -0.39 is 0 Å². The Labute approximate surface area is 112 Å². The van der Waals surface area contributed by atoms with Crippen LogP contribution in [0.1, 0.15) is 37.6 Å². The second-order valence-electron chi connectivity index (χ2n) is 5.12. The summed E-state index contributed by atoms with van der Waals surface area (Å²) in [4.78, 5) is 12.4. The van der Waals surface area contributed by atoms with E-state index in [9.17, 15) is 4.79 Å². The molecule has 0 bridgehead atoms. The van der Waals surface area contributed by atoms with Gasteiger partial charge in [0.1, 0.15) is 5.78 Å². The summed E-state index contributed by atoms with van der Waals surface area (Å²) < 4.78 is 1.72. The standard InChI is InChI=1S/C13H20ClN3O/c1-3-9-12(14)10(17(2)16-9)7-11(18)13(8-15)5-4-6-13/h3-8,15H2,1-2H3. The summed E-state index contributed by atoms with van der Waals surface area (Å²) in [5.41, 5.74) is 7.14. The second kappa shape index (κ2) is 5.02. The molecule has 100 valence electrons. The first-order chi connectivity index (χ1) is 8.54. The Bertz CT molecular complexity index is 458.